The molecule has 0 spiro atoms. The second-order valence-electron chi connectivity index (χ2n) is 4.51. The average molecular weight is 351 g/mol. The van der Waals surface area contributed by atoms with Gasteiger partial charge in [-0.25, -0.2) is 4.79 Å². The van der Waals surface area contributed by atoms with E-state index >= 15 is 0 Å². The van der Waals surface area contributed by atoms with Gasteiger partial charge in [-0.15, -0.1) is 10.2 Å². The smallest absolute Gasteiger partial charge is 0.321 e. The molecule has 23 heavy (non-hydrogen) atoms. The third-order valence-electron chi connectivity index (χ3n) is 2.71. The van der Waals surface area contributed by atoms with E-state index in [1.807, 2.05) is 31.2 Å². The number of benzene rings is 1. The number of thioether (sulfide) groups is 1. The molecular weight excluding hydrogens is 334 g/mol. The van der Waals surface area contributed by atoms with E-state index in [0.29, 0.717) is 16.0 Å². The SMILES string of the molecule is CCNC(=O)NC(=O)CSc1nnc(Nc2ccccc2C)s1. The minimum absolute atomic E-state index is 0.107. The highest BCUT2D eigenvalue weighted by Gasteiger charge is 2.11. The highest BCUT2D eigenvalue weighted by atomic mass is 32.2. The molecule has 122 valence electrons. The van der Waals surface area contributed by atoms with Crippen molar-refractivity contribution in [1.82, 2.24) is 20.8 Å². The molecule has 0 saturated heterocycles. The Morgan fingerprint density at radius 1 is 1.26 bits per heavy atom. The number of nitrogens with one attached hydrogen (secondary N) is 3. The largest absolute Gasteiger partial charge is 0.338 e. The van der Waals surface area contributed by atoms with Gasteiger partial charge in [-0.3, -0.25) is 10.1 Å². The Balaban J connectivity index is 1.84. The lowest BCUT2D eigenvalue weighted by molar-refractivity contribution is -0.117. The van der Waals surface area contributed by atoms with Gasteiger partial charge in [-0.1, -0.05) is 41.3 Å². The van der Waals surface area contributed by atoms with Crippen LogP contribution in [-0.2, 0) is 4.79 Å². The number of amides is 3. The Hall–Kier alpha value is -2.13. The summed E-state index contributed by atoms with van der Waals surface area (Å²) in [5.74, 6) is -0.264. The summed E-state index contributed by atoms with van der Waals surface area (Å²) in [6.45, 7) is 4.25. The van der Waals surface area contributed by atoms with Crippen LogP contribution in [0.3, 0.4) is 0 Å². The number of rotatable bonds is 6. The number of carbonyl (C=O) groups excluding carboxylic acids is 2. The molecule has 0 unspecified atom stereocenters. The summed E-state index contributed by atoms with van der Waals surface area (Å²) in [6, 6.07) is 7.39. The number of anilines is 2. The Labute approximate surface area is 142 Å². The number of para-hydroxylation sites is 1. The van der Waals surface area contributed by atoms with Gasteiger partial charge in [0.1, 0.15) is 0 Å². The maximum Gasteiger partial charge on any atom is 0.321 e. The maximum atomic E-state index is 11.6. The number of urea groups is 1. The molecule has 0 bridgehead atoms. The van der Waals surface area contributed by atoms with Gasteiger partial charge in [0, 0.05) is 12.2 Å². The van der Waals surface area contributed by atoms with Crippen molar-refractivity contribution in [2.75, 3.05) is 17.6 Å². The lowest BCUT2D eigenvalue weighted by atomic mass is 10.2. The van der Waals surface area contributed by atoms with E-state index < -0.39 is 6.03 Å². The van der Waals surface area contributed by atoms with E-state index in [9.17, 15) is 9.59 Å². The number of hydrogen-bond acceptors (Lipinski definition) is 7. The number of carbonyl (C=O) groups is 2. The Morgan fingerprint density at radius 2 is 2.04 bits per heavy atom. The fourth-order valence-electron chi connectivity index (χ4n) is 1.64. The molecular formula is C14H17N5O2S2. The summed E-state index contributed by atoms with van der Waals surface area (Å²) < 4.78 is 0.659. The van der Waals surface area contributed by atoms with Crippen LogP contribution < -0.4 is 16.0 Å². The first kappa shape index (κ1) is 17.2. The molecule has 7 nitrogen and oxygen atoms in total. The topological polar surface area (TPSA) is 96.0 Å². The first-order chi connectivity index (χ1) is 11.1. The molecule has 0 fully saturated rings. The third kappa shape index (κ3) is 5.53. The van der Waals surface area contributed by atoms with E-state index in [2.05, 4.69) is 26.1 Å². The third-order valence-corrected chi connectivity index (χ3v) is 4.68. The summed E-state index contributed by atoms with van der Waals surface area (Å²) >= 11 is 2.59. The van der Waals surface area contributed by atoms with Crippen LogP contribution in [0, 0.1) is 6.92 Å². The number of aryl methyl sites for hydroxylation is 1. The summed E-state index contributed by atoms with van der Waals surface area (Å²) in [4.78, 5) is 22.8. The van der Waals surface area contributed by atoms with Gasteiger partial charge in [0.25, 0.3) is 0 Å². The van der Waals surface area contributed by atoms with Crippen LogP contribution in [0.15, 0.2) is 28.6 Å². The fourth-order valence-corrected chi connectivity index (χ4v) is 3.21. The molecule has 0 radical (unpaired) electrons. The molecule has 2 aromatic rings. The molecule has 2 rings (SSSR count). The van der Waals surface area contributed by atoms with E-state index in [4.69, 9.17) is 0 Å². The Kier molecular flexibility index (Phi) is 6.36. The normalized spacial score (nSPS) is 10.2. The van der Waals surface area contributed by atoms with Crippen LogP contribution >= 0.6 is 23.1 Å². The monoisotopic (exact) mass is 351 g/mol. The molecule has 0 aliphatic carbocycles. The van der Waals surface area contributed by atoms with Gasteiger partial charge in [0.05, 0.1) is 5.75 Å². The summed E-state index contributed by atoms with van der Waals surface area (Å²) in [5, 5.41) is 16.7. The lowest BCUT2D eigenvalue weighted by Gasteiger charge is -2.04. The van der Waals surface area contributed by atoms with Crippen molar-refractivity contribution >= 4 is 45.9 Å². The average Bonchev–Trinajstić information content (AvgIpc) is 2.95. The van der Waals surface area contributed by atoms with Crippen molar-refractivity contribution in [1.29, 1.82) is 0 Å². The molecule has 9 heteroatoms. The number of hydrogen-bond donors (Lipinski definition) is 3. The quantitative estimate of drug-likeness (QED) is 0.692. The van der Waals surface area contributed by atoms with Crippen molar-refractivity contribution in [3.8, 4) is 0 Å². The van der Waals surface area contributed by atoms with Gasteiger partial charge in [-0.2, -0.15) is 0 Å². The summed E-state index contributed by atoms with van der Waals surface area (Å²) in [7, 11) is 0. The fraction of sp³-hybridized carbons (Fsp3) is 0.286. The number of nitrogens with zero attached hydrogens (tertiary/aromatic N) is 2. The van der Waals surface area contributed by atoms with Crippen LogP contribution in [0.5, 0.6) is 0 Å². The Morgan fingerprint density at radius 3 is 2.78 bits per heavy atom. The van der Waals surface area contributed by atoms with Crippen LogP contribution in [0.25, 0.3) is 0 Å². The molecule has 1 aromatic heterocycles. The summed E-state index contributed by atoms with van der Waals surface area (Å²) in [6.07, 6.45) is 0. The number of aromatic nitrogens is 2. The van der Waals surface area contributed by atoms with Crippen LogP contribution in [0.2, 0.25) is 0 Å². The minimum atomic E-state index is -0.489. The van der Waals surface area contributed by atoms with Gasteiger partial charge in [0.15, 0.2) is 4.34 Å². The van der Waals surface area contributed by atoms with Crippen LogP contribution in [-0.4, -0.2) is 34.4 Å². The number of imide groups is 1. The molecule has 3 amide bonds. The van der Waals surface area contributed by atoms with Gasteiger partial charge in [0.2, 0.25) is 11.0 Å². The van der Waals surface area contributed by atoms with Crippen molar-refractivity contribution in [2.45, 2.75) is 18.2 Å². The second-order valence-corrected chi connectivity index (χ2v) is 6.71. The summed E-state index contributed by atoms with van der Waals surface area (Å²) in [5.41, 5.74) is 2.08. The van der Waals surface area contributed by atoms with E-state index in [1.165, 1.54) is 23.1 Å². The maximum absolute atomic E-state index is 11.6. The van der Waals surface area contributed by atoms with Crippen LogP contribution in [0.1, 0.15) is 12.5 Å². The minimum Gasteiger partial charge on any atom is -0.338 e. The van der Waals surface area contributed by atoms with E-state index in [1.54, 1.807) is 6.92 Å². The molecule has 0 aliphatic rings. The molecule has 1 heterocycles. The molecule has 1 aromatic carbocycles. The zero-order valence-corrected chi connectivity index (χ0v) is 14.4. The zero-order chi connectivity index (χ0) is 16.7. The standard InChI is InChI=1S/C14H17N5O2S2/c1-3-15-12(21)17-11(20)8-22-14-19-18-13(23-14)16-10-7-5-4-6-9(10)2/h4-7H,3,8H2,1-2H3,(H,16,18)(H2,15,17,20,21). The van der Waals surface area contributed by atoms with Gasteiger partial charge in [-0.05, 0) is 25.5 Å². The van der Waals surface area contributed by atoms with Gasteiger partial charge < -0.3 is 10.6 Å². The highest BCUT2D eigenvalue weighted by Crippen LogP contribution is 2.28. The first-order valence-corrected chi connectivity index (χ1v) is 8.75. The second kappa shape index (κ2) is 8.49. The predicted octanol–water partition coefficient (Wildman–Crippen LogP) is 2.53. The van der Waals surface area contributed by atoms with Crippen LogP contribution in [0.4, 0.5) is 15.6 Å². The Bertz CT molecular complexity index is 689. The van der Waals surface area contributed by atoms with Crippen molar-refractivity contribution in [3.63, 3.8) is 0 Å². The molecule has 0 aliphatic heterocycles. The first-order valence-electron chi connectivity index (χ1n) is 6.95. The highest BCUT2D eigenvalue weighted by molar-refractivity contribution is 8.01. The molecule has 3 N–H and O–H groups in total. The lowest BCUT2D eigenvalue weighted by Crippen LogP contribution is -2.40. The van der Waals surface area contributed by atoms with Crippen molar-refractivity contribution < 1.29 is 9.59 Å². The molecule has 0 saturated carbocycles. The van der Waals surface area contributed by atoms with Crippen molar-refractivity contribution in [2.24, 2.45) is 0 Å². The van der Waals surface area contributed by atoms with Gasteiger partial charge >= 0.3 is 6.03 Å². The zero-order valence-electron chi connectivity index (χ0n) is 12.8. The van der Waals surface area contributed by atoms with Crippen molar-refractivity contribution in [3.05, 3.63) is 29.8 Å². The van der Waals surface area contributed by atoms with E-state index in [0.717, 1.165) is 11.3 Å². The predicted molar refractivity (Wildman–Crippen MR) is 92.3 cm³/mol. The van der Waals surface area contributed by atoms with E-state index in [-0.39, 0.29) is 11.7 Å². The molecule has 0 atom stereocenters.